The Morgan fingerprint density at radius 3 is 2.91 bits per heavy atom. The van der Waals surface area contributed by atoms with Crippen LogP contribution < -0.4 is 10.9 Å². The highest BCUT2D eigenvalue weighted by Gasteiger charge is 2.15. The van der Waals surface area contributed by atoms with Crippen LogP contribution in [0.2, 0.25) is 0 Å². The van der Waals surface area contributed by atoms with Crippen LogP contribution in [0.3, 0.4) is 0 Å². The van der Waals surface area contributed by atoms with E-state index in [1.807, 2.05) is 19.9 Å². The molecule has 1 aliphatic rings. The fourth-order valence-electron chi connectivity index (χ4n) is 2.90. The minimum absolute atomic E-state index is 0.209. The summed E-state index contributed by atoms with van der Waals surface area (Å²) >= 11 is 0. The summed E-state index contributed by atoms with van der Waals surface area (Å²) < 4.78 is 7.19. The Bertz CT molecular complexity index is 560. The van der Waals surface area contributed by atoms with Gasteiger partial charge >= 0.3 is 0 Å². The van der Waals surface area contributed by atoms with Gasteiger partial charge in [-0.3, -0.25) is 9.59 Å². The molecule has 0 saturated carbocycles. The molecule has 1 amide bonds. The molecular formula is C17H26N2O3. The third-order valence-electron chi connectivity index (χ3n) is 4.22. The van der Waals surface area contributed by atoms with Gasteiger partial charge in [0.1, 0.15) is 5.56 Å². The number of rotatable bonds is 7. The lowest BCUT2D eigenvalue weighted by Crippen LogP contribution is -2.34. The first kappa shape index (κ1) is 16.7. The largest absolute Gasteiger partial charge is 0.378 e. The van der Waals surface area contributed by atoms with Crippen molar-refractivity contribution in [1.29, 1.82) is 0 Å². The van der Waals surface area contributed by atoms with Crippen molar-refractivity contribution in [2.24, 2.45) is 0 Å². The summed E-state index contributed by atoms with van der Waals surface area (Å²) in [6, 6.07) is 3.43. The van der Waals surface area contributed by atoms with Gasteiger partial charge in [-0.05, 0) is 58.1 Å². The summed E-state index contributed by atoms with van der Waals surface area (Å²) in [5, 5.41) is 2.84. The van der Waals surface area contributed by atoms with Gasteiger partial charge in [-0.1, -0.05) is 0 Å². The highest BCUT2D eigenvalue weighted by Crippen LogP contribution is 2.17. The minimum Gasteiger partial charge on any atom is -0.378 e. The fourth-order valence-corrected chi connectivity index (χ4v) is 2.90. The van der Waals surface area contributed by atoms with E-state index in [0.717, 1.165) is 38.0 Å². The molecule has 1 fully saturated rings. The summed E-state index contributed by atoms with van der Waals surface area (Å²) in [4.78, 5) is 24.3. The number of nitrogens with zero attached hydrogens (tertiary/aromatic N) is 1. The Kier molecular flexibility index (Phi) is 6.19. The quantitative estimate of drug-likeness (QED) is 0.786. The first-order valence-electron chi connectivity index (χ1n) is 8.23. The Labute approximate surface area is 131 Å². The van der Waals surface area contributed by atoms with Gasteiger partial charge in [-0.2, -0.15) is 0 Å². The molecule has 2 rings (SSSR count). The van der Waals surface area contributed by atoms with Crippen LogP contribution in [0, 0.1) is 6.92 Å². The number of aromatic nitrogens is 1. The number of carbonyl (C=O) groups is 1. The minimum atomic E-state index is -0.274. The van der Waals surface area contributed by atoms with Crippen LogP contribution in [-0.4, -0.2) is 29.7 Å². The molecular weight excluding hydrogens is 280 g/mol. The van der Waals surface area contributed by atoms with E-state index < -0.39 is 0 Å². The number of aryl methyl sites for hydroxylation is 1. The van der Waals surface area contributed by atoms with E-state index in [9.17, 15) is 9.59 Å². The SMILES string of the molecule is CCn1c(C)ccc(C(=O)NCCCC[C@H]2CCCO2)c1=O. The summed E-state index contributed by atoms with van der Waals surface area (Å²) in [5.74, 6) is -0.274. The Hall–Kier alpha value is -1.62. The van der Waals surface area contributed by atoms with Gasteiger partial charge in [0.05, 0.1) is 6.10 Å². The molecule has 22 heavy (non-hydrogen) atoms. The van der Waals surface area contributed by atoms with Crippen molar-refractivity contribution in [2.45, 2.75) is 58.6 Å². The van der Waals surface area contributed by atoms with E-state index in [0.29, 0.717) is 19.2 Å². The zero-order chi connectivity index (χ0) is 15.9. The Morgan fingerprint density at radius 1 is 1.41 bits per heavy atom. The number of unbranched alkanes of at least 4 members (excludes halogenated alkanes) is 1. The highest BCUT2D eigenvalue weighted by molar-refractivity contribution is 5.93. The molecule has 0 bridgehead atoms. The van der Waals surface area contributed by atoms with Crippen molar-refractivity contribution in [3.05, 3.63) is 33.7 Å². The van der Waals surface area contributed by atoms with E-state index in [4.69, 9.17) is 4.74 Å². The van der Waals surface area contributed by atoms with Crippen molar-refractivity contribution < 1.29 is 9.53 Å². The van der Waals surface area contributed by atoms with Gasteiger partial charge in [-0.15, -0.1) is 0 Å². The van der Waals surface area contributed by atoms with Crippen LogP contribution in [0.15, 0.2) is 16.9 Å². The molecule has 2 heterocycles. The number of hydrogen-bond donors (Lipinski definition) is 1. The Balaban J connectivity index is 1.78. The second-order valence-corrected chi connectivity index (χ2v) is 5.82. The van der Waals surface area contributed by atoms with Crippen LogP contribution in [-0.2, 0) is 11.3 Å². The van der Waals surface area contributed by atoms with Gasteiger partial charge in [0.2, 0.25) is 0 Å². The number of carbonyl (C=O) groups excluding carboxylic acids is 1. The van der Waals surface area contributed by atoms with E-state index in [2.05, 4.69) is 5.32 Å². The van der Waals surface area contributed by atoms with Crippen LogP contribution >= 0.6 is 0 Å². The number of hydrogen-bond acceptors (Lipinski definition) is 3. The van der Waals surface area contributed by atoms with Crippen molar-refractivity contribution in [1.82, 2.24) is 9.88 Å². The van der Waals surface area contributed by atoms with Gasteiger partial charge in [0.25, 0.3) is 11.5 Å². The summed E-state index contributed by atoms with van der Waals surface area (Å²) in [7, 11) is 0. The van der Waals surface area contributed by atoms with Gasteiger partial charge < -0.3 is 14.6 Å². The molecule has 1 saturated heterocycles. The second-order valence-electron chi connectivity index (χ2n) is 5.82. The summed E-state index contributed by atoms with van der Waals surface area (Å²) in [6.07, 6.45) is 5.75. The first-order chi connectivity index (χ1) is 10.6. The molecule has 0 aromatic carbocycles. The highest BCUT2D eigenvalue weighted by atomic mass is 16.5. The lowest BCUT2D eigenvalue weighted by molar-refractivity contribution is 0.0945. The Morgan fingerprint density at radius 2 is 2.23 bits per heavy atom. The molecule has 5 nitrogen and oxygen atoms in total. The normalized spacial score (nSPS) is 17.6. The molecule has 0 spiro atoms. The zero-order valence-electron chi connectivity index (χ0n) is 13.6. The standard InChI is InChI=1S/C17H26N2O3/c1-3-19-13(2)9-10-15(17(19)21)16(20)18-11-5-4-7-14-8-6-12-22-14/h9-10,14H,3-8,11-12H2,1-2H3,(H,18,20)/t14-/m0/s1. The first-order valence-corrected chi connectivity index (χ1v) is 8.23. The molecule has 5 heteroatoms. The van der Waals surface area contributed by atoms with E-state index >= 15 is 0 Å². The van der Waals surface area contributed by atoms with Crippen LogP contribution in [0.1, 0.15) is 55.1 Å². The maximum Gasteiger partial charge on any atom is 0.263 e. The molecule has 0 unspecified atom stereocenters. The van der Waals surface area contributed by atoms with Gasteiger partial charge in [-0.25, -0.2) is 0 Å². The summed E-state index contributed by atoms with van der Waals surface area (Å²) in [6.45, 7) is 5.84. The molecule has 1 N–H and O–H groups in total. The molecule has 1 aromatic heterocycles. The number of pyridine rings is 1. The van der Waals surface area contributed by atoms with E-state index in [1.54, 1.807) is 10.6 Å². The van der Waals surface area contributed by atoms with E-state index in [-0.39, 0.29) is 17.0 Å². The van der Waals surface area contributed by atoms with Gasteiger partial charge in [0, 0.05) is 25.4 Å². The average Bonchev–Trinajstić information content (AvgIpc) is 3.00. The predicted octanol–water partition coefficient (Wildman–Crippen LogP) is 2.26. The van der Waals surface area contributed by atoms with E-state index in [1.165, 1.54) is 6.42 Å². The maximum absolute atomic E-state index is 12.2. The molecule has 0 radical (unpaired) electrons. The van der Waals surface area contributed by atoms with Crippen molar-refractivity contribution in [3.8, 4) is 0 Å². The van der Waals surface area contributed by atoms with Crippen molar-refractivity contribution in [3.63, 3.8) is 0 Å². The topological polar surface area (TPSA) is 60.3 Å². The molecule has 1 aromatic rings. The number of amides is 1. The zero-order valence-corrected chi connectivity index (χ0v) is 13.6. The number of ether oxygens (including phenoxy) is 1. The molecule has 1 aliphatic heterocycles. The molecule has 1 atom stereocenters. The second kappa shape index (κ2) is 8.13. The maximum atomic E-state index is 12.2. The van der Waals surface area contributed by atoms with Gasteiger partial charge in [0.15, 0.2) is 0 Å². The average molecular weight is 306 g/mol. The monoisotopic (exact) mass is 306 g/mol. The lowest BCUT2D eigenvalue weighted by atomic mass is 10.1. The van der Waals surface area contributed by atoms with Crippen LogP contribution in [0.4, 0.5) is 0 Å². The molecule has 0 aliphatic carbocycles. The van der Waals surface area contributed by atoms with Crippen LogP contribution in [0.25, 0.3) is 0 Å². The third kappa shape index (κ3) is 4.19. The van der Waals surface area contributed by atoms with Crippen LogP contribution in [0.5, 0.6) is 0 Å². The van der Waals surface area contributed by atoms with Crippen molar-refractivity contribution >= 4 is 5.91 Å². The summed E-state index contributed by atoms with van der Waals surface area (Å²) in [5.41, 5.74) is 0.895. The van der Waals surface area contributed by atoms with Crippen molar-refractivity contribution in [2.75, 3.05) is 13.2 Å². The predicted molar refractivity (Wildman–Crippen MR) is 86.3 cm³/mol. The smallest absolute Gasteiger partial charge is 0.263 e. The fraction of sp³-hybridized carbons (Fsp3) is 0.647. The lowest BCUT2D eigenvalue weighted by Gasteiger charge is -2.11. The number of nitrogens with one attached hydrogen (secondary N) is 1. The third-order valence-corrected chi connectivity index (χ3v) is 4.22. The molecule has 122 valence electrons.